The van der Waals surface area contributed by atoms with E-state index in [1.54, 1.807) is 16.7 Å². The first-order chi connectivity index (χ1) is 9.47. The lowest BCUT2D eigenvalue weighted by molar-refractivity contribution is -0.150. The number of likely N-dealkylation sites (tertiary alicyclic amines) is 1. The summed E-state index contributed by atoms with van der Waals surface area (Å²) in [5.41, 5.74) is -1.04. The molecule has 1 N–H and O–H groups in total. The predicted octanol–water partition coefficient (Wildman–Crippen LogP) is 2.70. The van der Waals surface area contributed by atoms with E-state index in [9.17, 15) is 14.7 Å². The Bertz CT molecular complexity index is 379. The maximum atomic E-state index is 12.7. The Kier molecular flexibility index (Phi) is 4.55. The molecular weight excluding hydrogens is 256 g/mol. The number of piperidine rings is 1. The van der Waals surface area contributed by atoms with Crippen molar-refractivity contribution in [3.05, 3.63) is 0 Å². The van der Waals surface area contributed by atoms with Crippen molar-refractivity contribution in [2.75, 3.05) is 13.6 Å². The summed E-state index contributed by atoms with van der Waals surface area (Å²) in [5.74, 6) is -0.886. The van der Waals surface area contributed by atoms with Gasteiger partial charge in [-0.3, -0.25) is 0 Å². The smallest absolute Gasteiger partial charge is 0.329 e. The number of aliphatic carboxylic acids is 1. The average molecular weight is 282 g/mol. The molecule has 1 saturated heterocycles. The molecule has 1 unspecified atom stereocenters. The molecule has 1 aliphatic carbocycles. The third-order valence-electron chi connectivity index (χ3n) is 5.01. The van der Waals surface area contributed by atoms with Gasteiger partial charge in [0.15, 0.2) is 0 Å². The van der Waals surface area contributed by atoms with Gasteiger partial charge < -0.3 is 14.9 Å². The third kappa shape index (κ3) is 2.76. The van der Waals surface area contributed by atoms with E-state index in [-0.39, 0.29) is 12.1 Å². The minimum atomic E-state index is -1.04. The molecule has 2 aliphatic rings. The number of carboxylic acids is 1. The van der Waals surface area contributed by atoms with Crippen molar-refractivity contribution in [2.24, 2.45) is 0 Å². The third-order valence-corrected chi connectivity index (χ3v) is 5.01. The van der Waals surface area contributed by atoms with Crippen LogP contribution in [0.15, 0.2) is 0 Å². The van der Waals surface area contributed by atoms with Crippen molar-refractivity contribution in [3.63, 3.8) is 0 Å². The van der Waals surface area contributed by atoms with E-state index >= 15 is 0 Å². The molecule has 0 aromatic carbocycles. The molecule has 114 valence electrons. The van der Waals surface area contributed by atoms with Crippen LogP contribution < -0.4 is 0 Å². The number of carbonyl (C=O) groups excluding carboxylic acids is 1. The Morgan fingerprint density at radius 2 is 1.80 bits per heavy atom. The van der Waals surface area contributed by atoms with E-state index in [1.165, 1.54) is 19.3 Å². The highest BCUT2D eigenvalue weighted by atomic mass is 16.4. The van der Waals surface area contributed by atoms with Crippen LogP contribution in [-0.2, 0) is 4.79 Å². The van der Waals surface area contributed by atoms with Gasteiger partial charge in [0.1, 0.15) is 5.54 Å². The first-order valence-electron chi connectivity index (χ1n) is 7.74. The van der Waals surface area contributed by atoms with Crippen LogP contribution in [-0.4, -0.2) is 52.1 Å². The predicted molar refractivity (Wildman–Crippen MR) is 76.6 cm³/mol. The Morgan fingerprint density at radius 1 is 1.15 bits per heavy atom. The fourth-order valence-corrected chi connectivity index (χ4v) is 3.46. The quantitative estimate of drug-likeness (QED) is 0.847. The number of hydrogen-bond donors (Lipinski definition) is 1. The second kappa shape index (κ2) is 6.02. The molecule has 1 atom stereocenters. The first-order valence-corrected chi connectivity index (χ1v) is 7.74. The number of nitrogens with zero attached hydrogens (tertiary/aromatic N) is 2. The highest BCUT2D eigenvalue weighted by Gasteiger charge is 2.45. The molecule has 0 aromatic rings. The van der Waals surface area contributed by atoms with E-state index in [2.05, 4.69) is 0 Å². The van der Waals surface area contributed by atoms with Crippen LogP contribution in [0.4, 0.5) is 4.79 Å². The SMILES string of the molecule is CN(C(=O)N1CCCCC1(C)C(=O)O)C1CCCCC1. The van der Waals surface area contributed by atoms with Crippen LogP contribution in [0.25, 0.3) is 0 Å². The van der Waals surface area contributed by atoms with Crippen molar-refractivity contribution in [1.82, 2.24) is 9.80 Å². The van der Waals surface area contributed by atoms with Crippen molar-refractivity contribution in [1.29, 1.82) is 0 Å². The maximum absolute atomic E-state index is 12.7. The number of urea groups is 1. The zero-order chi connectivity index (χ0) is 14.8. The normalized spacial score (nSPS) is 28.2. The van der Waals surface area contributed by atoms with E-state index < -0.39 is 11.5 Å². The lowest BCUT2D eigenvalue weighted by Crippen LogP contribution is -2.61. The number of hydrogen-bond acceptors (Lipinski definition) is 2. The first kappa shape index (κ1) is 15.1. The second-order valence-corrected chi connectivity index (χ2v) is 6.37. The summed E-state index contributed by atoms with van der Waals surface area (Å²) in [4.78, 5) is 27.6. The van der Waals surface area contributed by atoms with Crippen LogP contribution in [0.5, 0.6) is 0 Å². The average Bonchev–Trinajstić information content (AvgIpc) is 2.47. The van der Waals surface area contributed by atoms with Gasteiger partial charge in [-0.05, 0) is 39.0 Å². The Balaban J connectivity index is 2.11. The summed E-state index contributed by atoms with van der Waals surface area (Å²) in [6.45, 7) is 2.24. The van der Waals surface area contributed by atoms with E-state index in [0.717, 1.165) is 25.7 Å². The molecule has 0 bridgehead atoms. The molecule has 5 nitrogen and oxygen atoms in total. The molecule has 1 heterocycles. The lowest BCUT2D eigenvalue weighted by atomic mass is 9.88. The fourth-order valence-electron chi connectivity index (χ4n) is 3.46. The summed E-state index contributed by atoms with van der Waals surface area (Å²) >= 11 is 0. The standard InChI is InChI=1S/C15H26N2O3/c1-15(13(18)19)10-6-7-11-17(15)14(20)16(2)12-8-4-3-5-9-12/h12H,3-11H2,1-2H3,(H,18,19). The maximum Gasteiger partial charge on any atom is 0.329 e. The second-order valence-electron chi connectivity index (χ2n) is 6.37. The Hall–Kier alpha value is -1.26. The van der Waals surface area contributed by atoms with Crippen molar-refractivity contribution in [3.8, 4) is 0 Å². The zero-order valence-electron chi connectivity index (χ0n) is 12.6. The van der Waals surface area contributed by atoms with Crippen molar-refractivity contribution >= 4 is 12.0 Å². The van der Waals surface area contributed by atoms with Crippen LogP contribution in [0.1, 0.15) is 58.3 Å². The lowest BCUT2D eigenvalue weighted by Gasteiger charge is -2.45. The van der Waals surface area contributed by atoms with Gasteiger partial charge in [-0.15, -0.1) is 0 Å². The highest BCUT2D eigenvalue weighted by molar-refractivity contribution is 5.86. The van der Waals surface area contributed by atoms with Gasteiger partial charge in [0.2, 0.25) is 0 Å². The Labute approximate surface area is 120 Å². The topological polar surface area (TPSA) is 60.9 Å². The molecule has 0 aromatic heterocycles. The molecule has 5 heteroatoms. The van der Waals surface area contributed by atoms with Gasteiger partial charge in [-0.25, -0.2) is 9.59 Å². The van der Waals surface area contributed by atoms with Gasteiger partial charge in [0.25, 0.3) is 0 Å². The summed E-state index contributed by atoms with van der Waals surface area (Å²) in [6, 6.07) is 0.165. The molecule has 1 aliphatic heterocycles. The van der Waals surface area contributed by atoms with Crippen LogP contribution in [0.3, 0.4) is 0 Å². The molecule has 0 spiro atoms. The molecule has 2 rings (SSSR count). The molecule has 1 saturated carbocycles. The number of amides is 2. The van der Waals surface area contributed by atoms with Crippen molar-refractivity contribution in [2.45, 2.75) is 69.9 Å². The molecule has 2 amide bonds. The fraction of sp³-hybridized carbons (Fsp3) is 0.867. The zero-order valence-corrected chi connectivity index (χ0v) is 12.6. The van der Waals surface area contributed by atoms with E-state index in [4.69, 9.17) is 0 Å². The van der Waals surface area contributed by atoms with Gasteiger partial charge in [0.05, 0.1) is 0 Å². The van der Waals surface area contributed by atoms with Gasteiger partial charge in [0, 0.05) is 19.6 Å². The molecule has 20 heavy (non-hydrogen) atoms. The van der Waals surface area contributed by atoms with E-state index in [0.29, 0.717) is 13.0 Å². The summed E-state index contributed by atoms with van der Waals surface area (Å²) < 4.78 is 0. The summed E-state index contributed by atoms with van der Waals surface area (Å²) in [7, 11) is 1.83. The summed E-state index contributed by atoms with van der Waals surface area (Å²) in [5, 5.41) is 9.50. The van der Waals surface area contributed by atoms with Gasteiger partial charge in [-0.2, -0.15) is 0 Å². The van der Waals surface area contributed by atoms with Gasteiger partial charge >= 0.3 is 12.0 Å². The minimum Gasteiger partial charge on any atom is -0.480 e. The number of carbonyl (C=O) groups is 2. The van der Waals surface area contributed by atoms with Crippen LogP contribution >= 0.6 is 0 Å². The molecule has 2 fully saturated rings. The van der Waals surface area contributed by atoms with Crippen LogP contribution in [0.2, 0.25) is 0 Å². The summed E-state index contributed by atoms with van der Waals surface area (Å²) in [6.07, 6.45) is 7.98. The van der Waals surface area contributed by atoms with E-state index in [1.807, 2.05) is 7.05 Å². The van der Waals surface area contributed by atoms with Crippen LogP contribution in [0, 0.1) is 0 Å². The largest absolute Gasteiger partial charge is 0.480 e. The number of carboxylic acid groups (broad SMARTS) is 1. The number of rotatable bonds is 2. The molecule has 0 radical (unpaired) electrons. The minimum absolute atomic E-state index is 0.110. The van der Waals surface area contributed by atoms with Crippen molar-refractivity contribution < 1.29 is 14.7 Å². The van der Waals surface area contributed by atoms with Gasteiger partial charge in [-0.1, -0.05) is 19.3 Å². The monoisotopic (exact) mass is 282 g/mol. The Morgan fingerprint density at radius 3 is 2.40 bits per heavy atom. The molecular formula is C15H26N2O3. The highest BCUT2D eigenvalue weighted by Crippen LogP contribution is 2.31.